The molecule has 3 aromatic rings. The average molecular weight is 561 g/mol. The normalized spacial score (nSPS) is 12.4. The first-order chi connectivity index (χ1) is 18.1. The van der Waals surface area contributed by atoms with Crippen molar-refractivity contribution < 1.29 is 32.3 Å². The molecule has 0 spiro atoms. The third-order valence-electron chi connectivity index (χ3n) is 5.46. The van der Waals surface area contributed by atoms with Crippen LogP contribution in [0.3, 0.4) is 0 Å². The number of nitrogens with one attached hydrogen (secondary N) is 1. The van der Waals surface area contributed by atoms with Gasteiger partial charge in [0.2, 0.25) is 6.79 Å². The van der Waals surface area contributed by atoms with E-state index in [2.05, 4.69) is 10.5 Å². The number of fused-ring (bicyclic) bond motifs is 1. The molecule has 0 saturated carbocycles. The lowest BCUT2D eigenvalue weighted by atomic mass is 10.2. The van der Waals surface area contributed by atoms with Crippen LogP contribution in [-0.4, -0.2) is 45.9 Å². The fourth-order valence-corrected chi connectivity index (χ4v) is 5.18. The summed E-state index contributed by atoms with van der Waals surface area (Å²) in [5.41, 5.74) is 2.73. The molecule has 1 aliphatic rings. The number of nitro groups is 1. The van der Waals surface area contributed by atoms with Crippen molar-refractivity contribution in [3.8, 4) is 17.2 Å². The predicted octanol–water partition coefficient (Wildman–Crippen LogP) is 3.64. The highest BCUT2D eigenvalue weighted by Crippen LogP contribution is 2.36. The molecule has 14 heteroatoms. The molecule has 0 radical (unpaired) electrons. The second kappa shape index (κ2) is 10.9. The molecule has 1 heterocycles. The Morgan fingerprint density at radius 1 is 1.18 bits per heavy atom. The van der Waals surface area contributed by atoms with E-state index in [0.29, 0.717) is 17.1 Å². The molecular weight excluding hydrogens is 540 g/mol. The number of rotatable bonds is 9. The summed E-state index contributed by atoms with van der Waals surface area (Å²) < 4.78 is 44.0. The van der Waals surface area contributed by atoms with Gasteiger partial charge in [0.15, 0.2) is 11.5 Å². The topological polar surface area (TPSA) is 150 Å². The van der Waals surface area contributed by atoms with Crippen LogP contribution in [0, 0.1) is 17.0 Å². The van der Waals surface area contributed by atoms with Gasteiger partial charge in [-0.15, -0.1) is 0 Å². The molecule has 198 valence electrons. The van der Waals surface area contributed by atoms with Gasteiger partial charge in [-0.3, -0.25) is 19.2 Å². The summed E-state index contributed by atoms with van der Waals surface area (Å²) in [5.74, 6) is 0.419. The number of hydrogen-bond acceptors (Lipinski definition) is 9. The number of ether oxygens (including phenoxy) is 3. The predicted molar refractivity (Wildman–Crippen MR) is 139 cm³/mol. The zero-order valence-corrected chi connectivity index (χ0v) is 21.7. The van der Waals surface area contributed by atoms with Gasteiger partial charge in [0.05, 0.1) is 28.8 Å². The Hall–Kier alpha value is -4.36. The molecular formula is C24H21ClN4O8S. The number of carbonyl (C=O) groups is 1. The maximum Gasteiger partial charge on any atom is 0.273 e. The van der Waals surface area contributed by atoms with Gasteiger partial charge in [-0.1, -0.05) is 17.7 Å². The lowest BCUT2D eigenvalue weighted by molar-refractivity contribution is -0.385. The van der Waals surface area contributed by atoms with E-state index < -0.39 is 32.3 Å². The first-order valence-corrected chi connectivity index (χ1v) is 12.7. The molecule has 0 fully saturated rings. The summed E-state index contributed by atoms with van der Waals surface area (Å²) in [6, 6.07) is 12.7. The molecule has 0 bridgehead atoms. The van der Waals surface area contributed by atoms with E-state index in [9.17, 15) is 23.3 Å². The molecule has 0 aliphatic carbocycles. The quantitative estimate of drug-likeness (QED) is 0.237. The number of aryl methyl sites for hydroxylation is 1. The van der Waals surface area contributed by atoms with E-state index in [-0.39, 0.29) is 34.5 Å². The van der Waals surface area contributed by atoms with E-state index in [0.717, 1.165) is 10.4 Å². The Kier molecular flexibility index (Phi) is 7.69. The molecule has 3 aromatic carbocycles. The molecule has 1 amide bonds. The fraction of sp³-hybridized carbons (Fsp3) is 0.167. The molecule has 1 N–H and O–H groups in total. The van der Waals surface area contributed by atoms with E-state index in [4.69, 9.17) is 25.8 Å². The summed E-state index contributed by atoms with van der Waals surface area (Å²) in [4.78, 5) is 23.2. The Morgan fingerprint density at radius 2 is 1.95 bits per heavy atom. The van der Waals surface area contributed by atoms with Crippen LogP contribution in [0.2, 0.25) is 5.02 Å². The van der Waals surface area contributed by atoms with Crippen molar-refractivity contribution in [1.82, 2.24) is 5.43 Å². The summed E-state index contributed by atoms with van der Waals surface area (Å²) in [6.07, 6.45) is 1.35. The molecule has 4 rings (SSSR count). The van der Waals surface area contributed by atoms with Gasteiger partial charge in [0.1, 0.15) is 12.3 Å². The Balaban J connectivity index is 1.65. The number of amides is 1. The number of nitrogens with zero attached hydrogens (tertiary/aromatic N) is 3. The molecule has 0 saturated heterocycles. The lowest BCUT2D eigenvalue weighted by Crippen LogP contribution is -2.39. The summed E-state index contributed by atoms with van der Waals surface area (Å²) in [7, 11) is -3.18. The van der Waals surface area contributed by atoms with Crippen LogP contribution in [0.25, 0.3) is 0 Å². The number of sulfonamides is 1. The van der Waals surface area contributed by atoms with Crippen molar-refractivity contribution in [2.24, 2.45) is 5.10 Å². The highest BCUT2D eigenvalue weighted by Gasteiger charge is 2.31. The van der Waals surface area contributed by atoms with Crippen LogP contribution < -0.4 is 23.9 Å². The minimum atomic E-state index is -4.51. The number of hydrazone groups is 1. The monoisotopic (exact) mass is 560 g/mol. The van der Waals surface area contributed by atoms with Crippen LogP contribution >= 0.6 is 11.6 Å². The number of hydrogen-bond donors (Lipinski definition) is 1. The number of anilines is 1. The van der Waals surface area contributed by atoms with E-state index in [1.165, 1.54) is 50.6 Å². The van der Waals surface area contributed by atoms with E-state index in [1.807, 2.05) is 0 Å². The Labute approximate surface area is 222 Å². The van der Waals surface area contributed by atoms with Crippen LogP contribution in [0.4, 0.5) is 11.4 Å². The van der Waals surface area contributed by atoms with Gasteiger partial charge >= 0.3 is 0 Å². The summed E-state index contributed by atoms with van der Waals surface area (Å²) >= 11 is 6.12. The smallest absolute Gasteiger partial charge is 0.273 e. The second-order valence-electron chi connectivity index (χ2n) is 7.94. The Morgan fingerprint density at radius 3 is 2.68 bits per heavy atom. The van der Waals surface area contributed by atoms with Crippen molar-refractivity contribution in [3.05, 3.63) is 80.9 Å². The van der Waals surface area contributed by atoms with Crippen LogP contribution in [0.1, 0.15) is 11.1 Å². The number of halogens is 1. The third kappa shape index (κ3) is 5.63. The number of nitro benzene ring substituents is 1. The molecule has 12 nitrogen and oxygen atoms in total. The number of carbonyl (C=O) groups excluding carboxylic acids is 1. The summed E-state index contributed by atoms with van der Waals surface area (Å²) in [5, 5.41) is 15.5. The van der Waals surface area contributed by atoms with Gasteiger partial charge in [0, 0.05) is 16.7 Å². The SMILES string of the molecule is COc1ccc(Cl)cc1N(CC(=O)N/N=C\c1ccc2c(c1)OCO2)S(=O)(=O)c1ccc(C)c([N+](=O)[O-])c1. The highest BCUT2D eigenvalue weighted by molar-refractivity contribution is 7.92. The van der Waals surface area contributed by atoms with Crippen molar-refractivity contribution >= 4 is 45.1 Å². The largest absolute Gasteiger partial charge is 0.495 e. The Bertz CT molecular complexity index is 1540. The number of methoxy groups -OCH3 is 1. The average Bonchev–Trinajstić information content (AvgIpc) is 3.35. The fourth-order valence-electron chi connectivity index (χ4n) is 3.57. The molecule has 1 aliphatic heterocycles. The summed E-state index contributed by atoms with van der Waals surface area (Å²) in [6.45, 7) is 0.852. The maximum absolute atomic E-state index is 13.7. The molecule has 0 atom stereocenters. The first kappa shape index (κ1) is 26.7. The standard InChI is InChI=1S/C24H21ClN4O8S/c1-15-3-6-18(11-19(15)29(31)32)38(33,34)28(20-10-17(25)5-8-21(20)35-2)13-24(30)27-26-12-16-4-7-22-23(9-16)37-14-36-22/h3-12H,13-14H2,1-2H3,(H,27,30)/b26-12-. The minimum Gasteiger partial charge on any atom is -0.495 e. The van der Waals surface area contributed by atoms with Crippen molar-refractivity contribution in [3.63, 3.8) is 0 Å². The van der Waals surface area contributed by atoms with E-state index >= 15 is 0 Å². The van der Waals surface area contributed by atoms with Crippen LogP contribution in [0.15, 0.2) is 64.6 Å². The van der Waals surface area contributed by atoms with E-state index in [1.54, 1.807) is 18.2 Å². The third-order valence-corrected chi connectivity index (χ3v) is 7.45. The zero-order valence-electron chi connectivity index (χ0n) is 20.1. The highest BCUT2D eigenvalue weighted by atomic mass is 35.5. The van der Waals surface area contributed by atoms with Crippen LogP contribution in [-0.2, 0) is 14.8 Å². The van der Waals surface area contributed by atoms with Crippen molar-refractivity contribution in [2.45, 2.75) is 11.8 Å². The number of benzene rings is 3. The molecule has 0 aromatic heterocycles. The van der Waals surface area contributed by atoms with Crippen LogP contribution in [0.5, 0.6) is 17.2 Å². The van der Waals surface area contributed by atoms with Crippen molar-refractivity contribution in [1.29, 1.82) is 0 Å². The van der Waals surface area contributed by atoms with Gasteiger partial charge in [-0.05, 0) is 55.0 Å². The van der Waals surface area contributed by atoms with Gasteiger partial charge < -0.3 is 14.2 Å². The maximum atomic E-state index is 13.7. The van der Waals surface area contributed by atoms with Crippen molar-refractivity contribution in [2.75, 3.05) is 24.8 Å². The lowest BCUT2D eigenvalue weighted by Gasteiger charge is -2.25. The van der Waals surface area contributed by atoms with Gasteiger partial charge in [-0.25, -0.2) is 13.8 Å². The second-order valence-corrected chi connectivity index (χ2v) is 10.2. The first-order valence-electron chi connectivity index (χ1n) is 10.9. The molecule has 38 heavy (non-hydrogen) atoms. The molecule has 0 unspecified atom stereocenters. The zero-order chi connectivity index (χ0) is 27.4. The van der Waals surface area contributed by atoms with Gasteiger partial charge in [0.25, 0.3) is 21.6 Å². The minimum absolute atomic E-state index is 0.0434. The van der Waals surface area contributed by atoms with Gasteiger partial charge in [-0.2, -0.15) is 5.10 Å².